The quantitative estimate of drug-likeness (QED) is 0.625. The number of nitrogens with zero attached hydrogens (tertiary/aromatic N) is 1. The molecule has 0 aromatic rings. The molecule has 1 heterocycles. The van der Waals surface area contributed by atoms with Gasteiger partial charge in [0.05, 0.1) is 19.0 Å². The van der Waals surface area contributed by atoms with Crippen LogP contribution in [0.25, 0.3) is 0 Å². The third-order valence-electron chi connectivity index (χ3n) is 2.99. The van der Waals surface area contributed by atoms with Crippen LogP contribution in [-0.4, -0.2) is 67.8 Å². The highest BCUT2D eigenvalue weighted by Crippen LogP contribution is 2.07. The maximum atomic E-state index is 12.0. The Morgan fingerprint density at radius 2 is 1.95 bits per heavy atom. The van der Waals surface area contributed by atoms with Crippen molar-refractivity contribution in [2.45, 2.75) is 25.8 Å². The Labute approximate surface area is 118 Å². The zero-order valence-electron chi connectivity index (χ0n) is 11.4. The average molecular weight is 308 g/mol. The van der Waals surface area contributed by atoms with Crippen LogP contribution in [0.15, 0.2) is 0 Å². The minimum atomic E-state index is -3.50. The summed E-state index contributed by atoms with van der Waals surface area (Å²) in [7, 11) is -3.50. The van der Waals surface area contributed by atoms with Gasteiger partial charge in [-0.1, -0.05) is 6.92 Å². The molecule has 0 saturated carbocycles. The summed E-state index contributed by atoms with van der Waals surface area (Å²) in [5.41, 5.74) is 0. The Morgan fingerprint density at radius 3 is 2.45 bits per heavy atom. The molecule has 1 atom stereocenters. The van der Waals surface area contributed by atoms with Crippen molar-refractivity contribution in [3.05, 3.63) is 0 Å². The first kappa shape index (κ1) is 16.9. The third-order valence-corrected chi connectivity index (χ3v) is 4.86. The van der Waals surface area contributed by atoms with Gasteiger partial charge in [0.2, 0.25) is 15.9 Å². The van der Waals surface area contributed by atoms with Gasteiger partial charge in [0.15, 0.2) is 0 Å². The molecule has 116 valence electrons. The highest BCUT2D eigenvalue weighted by molar-refractivity contribution is 7.89. The van der Waals surface area contributed by atoms with Crippen molar-refractivity contribution in [3.63, 3.8) is 0 Å². The van der Waals surface area contributed by atoms with E-state index in [0.717, 1.165) is 0 Å². The summed E-state index contributed by atoms with van der Waals surface area (Å²) < 4.78 is 30.3. The van der Waals surface area contributed by atoms with Gasteiger partial charge in [0, 0.05) is 19.5 Å². The molecular weight excluding hydrogens is 288 g/mol. The standard InChI is InChI=1S/C11H20N2O6S/c1-2-9(11(15)16)12-10(14)3-8-20(17,18)13-4-6-19-7-5-13/h9H,2-8H2,1H3,(H,12,14)(H,15,16)/t9-/m0/s1. The van der Waals surface area contributed by atoms with Gasteiger partial charge in [-0.2, -0.15) is 4.31 Å². The van der Waals surface area contributed by atoms with Crippen LogP contribution in [-0.2, 0) is 24.3 Å². The largest absolute Gasteiger partial charge is 0.480 e. The predicted molar refractivity (Wildman–Crippen MR) is 70.7 cm³/mol. The Balaban J connectivity index is 2.45. The fourth-order valence-corrected chi connectivity index (χ4v) is 3.19. The lowest BCUT2D eigenvalue weighted by atomic mass is 10.2. The molecule has 0 radical (unpaired) electrons. The Kier molecular flexibility index (Phi) is 6.37. The first-order valence-corrected chi connectivity index (χ1v) is 8.05. The molecule has 0 bridgehead atoms. The van der Waals surface area contributed by atoms with E-state index >= 15 is 0 Å². The molecule has 1 saturated heterocycles. The van der Waals surface area contributed by atoms with Crippen molar-refractivity contribution in [1.82, 2.24) is 9.62 Å². The predicted octanol–water partition coefficient (Wildman–Crippen LogP) is -0.982. The molecule has 1 fully saturated rings. The number of carboxylic acid groups (broad SMARTS) is 1. The Morgan fingerprint density at radius 1 is 1.35 bits per heavy atom. The average Bonchev–Trinajstić information content (AvgIpc) is 2.43. The molecule has 9 heteroatoms. The molecular formula is C11H20N2O6S. The number of aliphatic carboxylic acids is 1. The van der Waals surface area contributed by atoms with E-state index in [2.05, 4.69) is 5.32 Å². The summed E-state index contributed by atoms with van der Waals surface area (Å²) in [6, 6.07) is -0.978. The molecule has 1 amide bonds. The molecule has 8 nitrogen and oxygen atoms in total. The number of hydrogen-bond donors (Lipinski definition) is 2. The molecule has 1 aliphatic rings. The summed E-state index contributed by atoms with van der Waals surface area (Å²) in [6.45, 7) is 2.90. The van der Waals surface area contributed by atoms with Crippen LogP contribution in [0.3, 0.4) is 0 Å². The normalized spacial score (nSPS) is 18.4. The summed E-state index contributed by atoms with van der Waals surface area (Å²) in [6.07, 6.45) is 0.000752. The van der Waals surface area contributed by atoms with Crippen LogP contribution < -0.4 is 5.32 Å². The van der Waals surface area contributed by atoms with E-state index in [1.165, 1.54) is 4.31 Å². The number of amides is 1. The van der Waals surface area contributed by atoms with Gasteiger partial charge < -0.3 is 15.2 Å². The van der Waals surface area contributed by atoms with Crippen molar-refractivity contribution < 1.29 is 27.9 Å². The zero-order valence-corrected chi connectivity index (χ0v) is 12.2. The molecule has 20 heavy (non-hydrogen) atoms. The van der Waals surface area contributed by atoms with Crippen molar-refractivity contribution in [1.29, 1.82) is 0 Å². The van der Waals surface area contributed by atoms with E-state index < -0.39 is 27.9 Å². The van der Waals surface area contributed by atoms with E-state index in [4.69, 9.17) is 9.84 Å². The summed E-state index contributed by atoms with van der Waals surface area (Å²) in [4.78, 5) is 22.3. The second-order valence-electron chi connectivity index (χ2n) is 4.44. The van der Waals surface area contributed by atoms with Gasteiger partial charge in [-0.05, 0) is 6.42 Å². The number of ether oxygens (including phenoxy) is 1. The number of hydrogen-bond acceptors (Lipinski definition) is 5. The number of carbonyl (C=O) groups is 2. The van der Waals surface area contributed by atoms with E-state index in [0.29, 0.717) is 13.2 Å². The lowest BCUT2D eigenvalue weighted by Gasteiger charge is -2.26. The summed E-state index contributed by atoms with van der Waals surface area (Å²) in [5, 5.41) is 11.1. The second-order valence-corrected chi connectivity index (χ2v) is 6.53. The topological polar surface area (TPSA) is 113 Å². The maximum Gasteiger partial charge on any atom is 0.326 e. The van der Waals surface area contributed by atoms with Gasteiger partial charge in [-0.25, -0.2) is 13.2 Å². The van der Waals surface area contributed by atoms with Crippen molar-refractivity contribution in [3.8, 4) is 0 Å². The van der Waals surface area contributed by atoms with E-state index in [1.54, 1.807) is 6.92 Å². The molecule has 0 aliphatic carbocycles. The minimum absolute atomic E-state index is 0.247. The van der Waals surface area contributed by atoms with Crippen LogP contribution in [0.4, 0.5) is 0 Å². The Hall–Kier alpha value is -1.19. The van der Waals surface area contributed by atoms with Crippen molar-refractivity contribution >= 4 is 21.9 Å². The smallest absolute Gasteiger partial charge is 0.326 e. The lowest BCUT2D eigenvalue weighted by Crippen LogP contribution is -2.44. The van der Waals surface area contributed by atoms with Gasteiger partial charge in [-0.3, -0.25) is 4.79 Å². The fraction of sp³-hybridized carbons (Fsp3) is 0.818. The van der Waals surface area contributed by atoms with Crippen molar-refractivity contribution in [2.75, 3.05) is 32.1 Å². The molecule has 0 spiro atoms. The molecule has 2 N–H and O–H groups in total. The van der Waals surface area contributed by atoms with Gasteiger partial charge in [0.25, 0.3) is 0 Å². The highest BCUT2D eigenvalue weighted by atomic mass is 32.2. The summed E-state index contributed by atoms with van der Waals surface area (Å²) >= 11 is 0. The van der Waals surface area contributed by atoms with Crippen LogP contribution in [0.5, 0.6) is 0 Å². The zero-order chi connectivity index (χ0) is 15.2. The van der Waals surface area contributed by atoms with Gasteiger partial charge in [-0.15, -0.1) is 0 Å². The lowest BCUT2D eigenvalue weighted by molar-refractivity contribution is -0.141. The van der Waals surface area contributed by atoms with Crippen LogP contribution in [0.1, 0.15) is 19.8 Å². The molecule has 0 aromatic heterocycles. The number of sulfonamides is 1. The van der Waals surface area contributed by atoms with Gasteiger partial charge in [0.1, 0.15) is 6.04 Å². The SMILES string of the molecule is CC[C@H](NC(=O)CCS(=O)(=O)N1CCOCC1)C(=O)O. The minimum Gasteiger partial charge on any atom is -0.480 e. The first-order chi connectivity index (χ1) is 9.36. The van der Waals surface area contributed by atoms with E-state index in [-0.39, 0.29) is 31.7 Å². The van der Waals surface area contributed by atoms with Crippen LogP contribution in [0, 0.1) is 0 Å². The number of morpholine rings is 1. The molecule has 1 aliphatic heterocycles. The van der Waals surface area contributed by atoms with E-state index in [1.807, 2.05) is 0 Å². The third kappa shape index (κ3) is 5.06. The molecule has 0 unspecified atom stereocenters. The van der Waals surface area contributed by atoms with Crippen LogP contribution in [0.2, 0.25) is 0 Å². The number of carboxylic acids is 1. The number of nitrogens with one attached hydrogen (secondary N) is 1. The van der Waals surface area contributed by atoms with Crippen LogP contribution >= 0.6 is 0 Å². The number of rotatable bonds is 7. The monoisotopic (exact) mass is 308 g/mol. The maximum absolute atomic E-state index is 12.0. The van der Waals surface area contributed by atoms with E-state index in [9.17, 15) is 18.0 Å². The highest BCUT2D eigenvalue weighted by Gasteiger charge is 2.25. The molecule has 1 rings (SSSR count). The first-order valence-electron chi connectivity index (χ1n) is 6.44. The summed E-state index contributed by atoms with van der Waals surface area (Å²) in [5.74, 6) is -2.03. The Bertz CT molecular complexity index is 444. The van der Waals surface area contributed by atoms with Gasteiger partial charge >= 0.3 is 5.97 Å². The number of carbonyl (C=O) groups excluding carboxylic acids is 1. The van der Waals surface area contributed by atoms with Crippen molar-refractivity contribution in [2.24, 2.45) is 0 Å². The molecule has 0 aromatic carbocycles. The second kappa shape index (κ2) is 7.55. The fourth-order valence-electron chi connectivity index (χ4n) is 1.78.